The topological polar surface area (TPSA) is 66.6 Å². The van der Waals surface area contributed by atoms with Crippen LogP contribution in [-0.2, 0) is 6.42 Å². The number of hydrogen-bond acceptors (Lipinski definition) is 4. The summed E-state index contributed by atoms with van der Waals surface area (Å²) in [6, 6.07) is 0. The van der Waals surface area contributed by atoms with Crippen molar-refractivity contribution >= 4 is 5.97 Å². The van der Waals surface area contributed by atoms with Crippen molar-refractivity contribution in [2.24, 2.45) is 5.92 Å². The Morgan fingerprint density at radius 3 is 2.88 bits per heavy atom. The fourth-order valence-electron chi connectivity index (χ4n) is 2.02. The number of hydrogen-bond donors (Lipinski definition) is 1. The summed E-state index contributed by atoms with van der Waals surface area (Å²) in [7, 11) is 2.11. The molecule has 5 heteroatoms. The van der Waals surface area contributed by atoms with Crippen LogP contribution in [0.3, 0.4) is 0 Å². The van der Waals surface area contributed by atoms with Gasteiger partial charge in [-0.2, -0.15) is 0 Å². The van der Waals surface area contributed by atoms with E-state index in [0.29, 0.717) is 11.8 Å². The van der Waals surface area contributed by atoms with Crippen molar-refractivity contribution in [2.75, 3.05) is 20.1 Å². The van der Waals surface area contributed by atoms with Crippen LogP contribution in [0.25, 0.3) is 0 Å². The number of piperidine rings is 1. The SMILES string of the molecule is CN1CCC(Cc2nc(C(=O)O)co2)CC1. The van der Waals surface area contributed by atoms with Crippen LogP contribution in [0.2, 0.25) is 0 Å². The molecule has 2 rings (SSSR count). The highest BCUT2D eigenvalue weighted by atomic mass is 16.4. The maximum absolute atomic E-state index is 10.6. The van der Waals surface area contributed by atoms with Crippen LogP contribution in [0.4, 0.5) is 0 Å². The Hall–Kier alpha value is -1.36. The molecule has 88 valence electrons. The summed E-state index contributed by atoms with van der Waals surface area (Å²) in [4.78, 5) is 16.9. The molecule has 0 radical (unpaired) electrons. The van der Waals surface area contributed by atoms with E-state index in [4.69, 9.17) is 9.52 Å². The zero-order valence-electron chi connectivity index (χ0n) is 9.35. The van der Waals surface area contributed by atoms with Gasteiger partial charge in [0, 0.05) is 6.42 Å². The standard InChI is InChI=1S/C11H16N2O3/c1-13-4-2-8(3-5-13)6-10-12-9(7-16-10)11(14)15/h7-8H,2-6H2,1H3,(H,14,15). The monoisotopic (exact) mass is 224 g/mol. The van der Waals surface area contributed by atoms with E-state index in [2.05, 4.69) is 16.9 Å². The van der Waals surface area contributed by atoms with Crippen molar-refractivity contribution in [3.8, 4) is 0 Å². The number of likely N-dealkylation sites (tertiary alicyclic amines) is 1. The van der Waals surface area contributed by atoms with E-state index in [-0.39, 0.29) is 5.69 Å². The third-order valence-corrected chi connectivity index (χ3v) is 3.07. The van der Waals surface area contributed by atoms with Gasteiger partial charge in [-0.3, -0.25) is 0 Å². The van der Waals surface area contributed by atoms with E-state index < -0.39 is 5.97 Å². The molecule has 1 saturated heterocycles. The van der Waals surface area contributed by atoms with E-state index in [1.54, 1.807) is 0 Å². The lowest BCUT2D eigenvalue weighted by Gasteiger charge is -2.27. The molecule has 5 nitrogen and oxygen atoms in total. The molecular formula is C11H16N2O3. The summed E-state index contributed by atoms with van der Waals surface area (Å²) in [5, 5.41) is 8.71. The molecule has 0 spiro atoms. The van der Waals surface area contributed by atoms with Crippen LogP contribution < -0.4 is 0 Å². The summed E-state index contributed by atoms with van der Waals surface area (Å²) in [5.74, 6) is 0.0850. The minimum atomic E-state index is -1.03. The highest BCUT2D eigenvalue weighted by Crippen LogP contribution is 2.20. The second kappa shape index (κ2) is 4.65. The van der Waals surface area contributed by atoms with Crippen LogP contribution in [0, 0.1) is 5.92 Å². The molecular weight excluding hydrogens is 208 g/mol. The van der Waals surface area contributed by atoms with Crippen molar-refractivity contribution < 1.29 is 14.3 Å². The zero-order valence-corrected chi connectivity index (χ0v) is 9.35. The van der Waals surface area contributed by atoms with E-state index in [0.717, 1.165) is 32.4 Å². The first-order valence-corrected chi connectivity index (χ1v) is 5.51. The van der Waals surface area contributed by atoms with Gasteiger partial charge in [0.25, 0.3) is 0 Å². The Kier molecular flexibility index (Phi) is 3.24. The number of carboxylic acid groups (broad SMARTS) is 1. The van der Waals surface area contributed by atoms with Crippen LogP contribution in [0.5, 0.6) is 0 Å². The smallest absolute Gasteiger partial charge is 0.357 e. The van der Waals surface area contributed by atoms with Crippen molar-refractivity contribution in [3.63, 3.8) is 0 Å². The van der Waals surface area contributed by atoms with E-state index in [9.17, 15) is 4.79 Å². The molecule has 0 amide bonds. The third kappa shape index (κ3) is 2.61. The number of nitrogens with zero attached hydrogens (tertiary/aromatic N) is 2. The Labute approximate surface area is 94.1 Å². The number of aromatic nitrogens is 1. The maximum Gasteiger partial charge on any atom is 0.357 e. The second-order valence-electron chi connectivity index (χ2n) is 4.38. The number of oxazole rings is 1. The molecule has 1 aromatic heterocycles. The normalized spacial score (nSPS) is 18.8. The molecule has 1 aliphatic heterocycles. The molecule has 2 heterocycles. The Morgan fingerprint density at radius 1 is 1.62 bits per heavy atom. The predicted octanol–water partition coefficient (Wildman–Crippen LogP) is 1.26. The maximum atomic E-state index is 10.6. The van der Waals surface area contributed by atoms with Gasteiger partial charge in [-0.05, 0) is 38.9 Å². The summed E-state index contributed by atoms with van der Waals surface area (Å²) in [6.45, 7) is 2.19. The number of rotatable bonds is 3. The average molecular weight is 224 g/mol. The molecule has 16 heavy (non-hydrogen) atoms. The lowest BCUT2D eigenvalue weighted by Crippen LogP contribution is -2.31. The molecule has 0 unspecified atom stereocenters. The first kappa shape index (κ1) is 11.1. The molecule has 1 aromatic rings. The van der Waals surface area contributed by atoms with Gasteiger partial charge in [-0.25, -0.2) is 9.78 Å². The van der Waals surface area contributed by atoms with Crippen molar-refractivity contribution in [3.05, 3.63) is 17.8 Å². The fraction of sp³-hybridized carbons (Fsp3) is 0.636. The minimum absolute atomic E-state index is 0.00271. The first-order chi connectivity index (χ1) is 7.65. The predicted molar refractivity (Wildman–Crippen MR) is 57.4 cm³/mol. The molecule has 1 fully saturated rings. The fourth-order valence-corrected chi connectivity index (χ4v) is 2.02. The summed E-state index contributed by atoms with van der Waals surface area (Å²) in [5.41, 5.74) is 0.00271. The van der Waals surface area contributed by atoms with Gasteiger partial charge < -0.3 is 14.4 Å². The van der Waals surface area contributed by atoms with Crippen LogP contribution in [0.15, 0.2) is 10.7 Å². The lowest BCUT2D eigenvalue weighted by atomic mass is 9.94. The van der Waals surface area contributed by atoms with E-state index in [1.807, 2.05) is 0 Å². The lowest BCUT2D eigenvalue weighted by molar-refractivity contribution is 0.0690. The Morgan fingerprint density at radius 2 is 2.31 bits per heavy atom. The third-order valence-electron chi connectivity index (χ3n) is 3.07. The van der Waals surface area contributed by atoms with Gasteiger partial charge in [0.15, 0.2) is 11.6 Å². The van der Waals surface area contributed by atoms with E-state index in [1.165, 1.54) is 6.26 Å². The number of carboxylic acids is 1. The van der Waals surface area contributed by atoms with Gasteiger partial charge in [0.1, 0.15) is 6.26 Å². The first-order valence-electron chi connectivity index (χ1n) is 5.51. The van der Waals surface area contributed by atoms with Crippen LogP contribution in [0.1, 0.15) is 29.2 Å². The highest BCUT2D eigenvalue weighted by molar-refractivity contribution is 5.84. The molecule has 0 atom stereocenters. The highest BCUT2D eigenvalue weighted by Gasteiger charge is 2.20. The zero-order chi connectivity index (χ0) is 11.5. The summed E-state index contributed by atoms with van der Waals surface area (Å²) in [6.07, 6.45) is 4.22. The largest absolute Gasteiger partial charge is 0.476 e. The van der Waals surface area contributed by atoms with E-state index >= 15 is 0 Å². The van der Waals surface area contributed by atoms with Gasteiger partial charge >= 0.3 is 5.97 Å². The quantitative estimate of drug-likeness (QED) is 0.837. The van der Waals surface area contributed by atoms with Gasteiger partial charge in [0.05, 0.1) is 0 Å². The van der Waals surface area contributed by atoms with Gasteiger partial charge in [-0.15, -0.1) is 0 Å². The van der Waals surface area contributed by atoms with Crippen LogP contribution >= 0.6 is 0 Å². The Bertz CT molecular complexity index is 367. The average Bonchev–Trinajstić information content (AvgIpc) is 2.70. The summed E-state index contributed by atoms with van der Waals surface area (Å²) < 4.78 is 5.15. The van der Waals surface area contributed by atoms with Gasteiger partial charge in [0.2, 0.25) is 0 Å². The molecule has 0 saturated carbocycles. The molecule has 1 N–H and O–H groups in total. The minimum Gasteiger partial charge on any atom is -0.476 e. The van der Waals surface area contributed by atoms with Crippen molar-refractivity contribution in [2.45, 2.75) is 19.3 Å². The van der Waals surface area contributed by atoms with Crippen molar-refractivity contribution in [1.29, 1.82) is 0 Å². The van der Waals surface area contributed by atoms with Crippen LogP contribution in [-0.4, -0.2) is 41.1 Å². The van der Waals surface area contributed by atoms with Gasteiger partial charge in [-0.1, -0.05) is 0 Å². The molecule has 1 aliphatic rings. The number of carbonyl (C=O) groups is 1. The molecule has 0 bridgehead atoms. The second-order valence-corrected chi connectivity index (χ2v) is 4.38. The Balaban J connectivity index is 1.91. The molecule has 0 aliphatic carbocycles. The number of aromatic carboxylic acids is 1. The van der Waals surface area contributed by atoms with Crippen molar-refractivity contribution in [1.82, 2.24) is 9.88 Å². The molecule has 0 aromatic carbocycles. The summed E-state index contributed by atoms with van der Waals surface area (Å²) >= 11 is 0.